The lowest BCUT2D eigenvalue weighted by molar-refractivity contribution is 0.628. The Hall–Kier alpha value is -3.52. The number of fused-ring (bicyclic) bond motifs is 11. The maximum Gasteiger partial charge on any atom is 0.142 e. The predicted molar refractivity (Wildman–Crippen MR) is 114 cm³/mol. The van der Waals surface area contributed by atoms with E-state index in [1.807, 2.05) is 0 Å². The highest BCUT2D eigenvalue weighted by molar-refractivity contribution is 6.09. The SMILES string of the molecule is c1ccc2c(c1)NCC21c2ccccc2-c2oc3c(ccc4ccccc43)c21. The smallest absolute Gasteiger partial charge is 0.142 e. The third kappa shape index (κ3) is 1.52. The highest BCUT2D eigenvalue weighted by Gasteiger charge is 2.51. The van der Waals surface area contributed by atoms with E-state index in [4.69, 9.17) is 4.42 Å². The van der Waals surface area contributed by atoms with Gasteiger partial charge in [-0.25, -0.2) is 0 Å². The number of rotatable bonds is 0. The Labute approximate surface area is 162 Å². The average Bonchev–Trinajstić information content (AvgIpc) is 3.41. The number of hydrogen-bond donors (Lipinski definition) is 1. The molecule has 1 unspecified atom stereocenters. The molecule has 1 aliphatic heterocycles. The summed E-state index contributed by atoms with van der Waals surface area (Å²) in [5.74, 6) is 1.03. The van der Waals surface area contributed by atoms with Crippen LogP contribution < -0.4 is 5.32 Å². The summed E-state index contributed by atoms with van der Waals surface area (Å²) < 4.78 is 6.62. The molecule has 0 fully saturated rings. The highest BCUT2D eigenvalue weighted by atomic mass is 16.3. The molecule has 0 saturated carbocycles. The van der Waals surface area contributed by atoms with Gasteiger partial charge in [-0.15, -0.1) is 0 Å². The Kier molecular flexibility index (Phi) is 2.51. The minimum atomic E-state index is -0.198. The second kappa shape index (κ2) is 4.85. The molecule has 7 rings (SSSR count). The van der Waals surface area contributed by atoms with Crippen molar-refractivity contribution in [1.29, 1.82) is 0 Å². The fourth-order valence-electron chi connectivity index (χ4n) is 5.42. The van der Waals surface area contributed by atoms with Crippen LogP contribution in [0.3, 0.4) is 0 Å². The van der Waals surface area contributed by atoms with Crippen LogP contribution in [0, 0.1) is 0 Å². The van der Waals surface area contributed by atoms with E-state index >= 15 is 0 Å². The molecule has 0 bridgehead atoms. The first kappa shape index (κ1) is 14.5. The first-order chi connectivity index (χ1) is 13.9. The minimum Gasteiger partial charge on any atom is -0.455 e. The molecule has 28 heavy (non-hydrogen) atoms. The van der Waals surface area contributed by atoms with Gasteiger partial charge < -0.3 is 9.73 Å². The molecule has 1 N–H and O–H groups in total. The molecule has 2 aliphatic rings. The topological polar surface area (TPSA) is 25.2 Å². The molecule has 2 heteroatoms. The fourth-order valence-corrected chi connectivity index (χ4v) is 5.42. The largest absolute Gasteiger partial charge is 0.455 e. The molecule has 4 aromatic carbocycles. The molecule has 132 valence electrons. The number of para-hydroxylation sites is 1. The van der Waals surface area contributed by atoms with E-state index in [2.05, 4.69) is 90.2 Å². The first-order valence-electron chi connectivity index (χ1n) is 9.76. The molecule has 0 saturated heterocycles. The van der Waals surface area contributed by atoms with Gasteiger partial charge in [0.25, 0.3) is 0 Å². The van der Waals surface area contributed by atoms with Gasteiger partial charge in [0.1, 0.15) is 11.3 Å². The Morgan fingerprint density at radius 3 is 2.46 bits per heavy atom. The van der Waals surface area contributed by atoms with Gasteiger partial charge in [0.2, 0.25) is 0 Å². The lowest BCUT2D eigenvalue weighted by atomic mass is 9.73. The van der Waals surface area contributed by atoms with E-state index in [0.29, 0.717) is 0 Å². The molecule has 1 aliphatic carbocycles. The first-order valence-corrected chi connectivity index (χ1v) is 9.76. The average molecular weight is 359 g/mol. The maximum absolute atomic E-state index is 6.62. The van der Waals surface area contributed by atoms with Gasteiger partial charge in [-0.3, -0.25) is 0 Å². The van der Waals surface area contributed by atoms with Crippen LogP contribution in [0.4, 0.5) is 5.69 Å². The van der Waals surface area contributed by atoms with E-state index in [-0.39, 0.29) is 5.41 Å². The third-order valence-corrected chi connectivity index (χ3v) is 6.57. The van der Waals surface area contributed by atoms with Crippen molar-refractivity contribution in [3.63, 3.8) is 0 Å². The molecular weight excluding hydrogens is 342 g/mol. The molecule has 2 heterocycles. The van der Waals surface area contributed by atoms with E-state index in [0.717, 1.165) is 17.9 Å². The minimum absolute atomic E-state index is 0.198. The molecule has 1 atom stereocenters. The second-order valence-corrected chi connectivity index (χ2v) is 7.82. The number of hydrogen-bond acceptors (Lipinski definition) is 2. The maximum atomic E-state index is 6.62. The molecule has 0 amide bonds. The molecule has 5 aromatic rings. The van der Waals surface area contributed by atoms with Crippen molar-refractivity contribution in [2.75, 3.05) is 11.9 Å². The number of anilines is 1. The summed E-state index contributed by atoms with van der Waals surface area (Å²) in [4.78, 5) is 0. The van der Waals surface area contributed by atoms with Gasteiger partial charge in [0.05, 0.1) is 5.41 Å². The summed E-state index contributed by atoms with van der Waals surface area (Å²) >= 11 is 0. The molecule has 1 aromatic heterocycles. The van der Waals surface area contributed by atoms with Gasteiger partial charge in [-0.05, 0) is 22.6 Å². The van der Waals surface area contributed by atoms with E-state index in [9.17, 15) is 0 Å². The number of furan rings is 1. The quantitative estimate of drug-likeness (QED) is 0.350. The zero-order valence-corrected chi connectivity index (χ0v) is 15.2. The number of benzene rings is 4. The van der Waals surface area contributed by atoms with Gasteiger partial charge in [-0.2, -0.15) is 0 Å². The van der Waals surface area contributed by atoms with Crippen molar-refractivity contribution in [1.82, 2.24) is 0 Å². The summed E-state index contributed by atoms with van der Waals surface area (Å²) in [6.45, 7) is 0.859. The summed E-state index contributed by atoms with van der Waals surface area (Å²) in [5, 5.41) is 7.29. The van der Waals surface area contributed by atoms with Crippen molar-refractivity contribution in [2.24, 2.45) is 0 Å². The molecule has 1 spiro atoms. The van der Waals surface area contributed by atoms with Crippen LogP contribution in [0.5, 0.6) is 0 Å². The van der Waals surface area contributed by atoms with Gasteiger partial charge in [-0.1, -0.05) is 78.9 Å². The summed E-state index contributed by atoms with van der Waals surface area (Å²) in [7, 11) is 0. The summed E-state index contributed by atoms with van der Waals surface area (Å²) in [6.07, 6.45) is 0. The summed E-state index contributed by atoms with van der Waals surface area (Å²) in [6, 6.07) is 30.4. The van der Waals surface area contributed by atoms with E-state index in [1.165, 1.54) is 44.1 Å². The zero-order chi connectivity index (χ0) is 18.3. The lowest BCUT2D eigenvalue weighted by Gasteiger charge is -2.26. The van der Waals surface area contributed by atoms with Crippen LogP contribution in [0.25, 0.3) is 33.1 Å². The Bertz CT molecular complexity index is 1430. The van der Waals surface area contributed by atoms with Gasteiger partial charge in [0.15, 0.2) is 0 Å². The summed E-state index contributed by atoms with van der Waals surface area (Å²) in [5.41, 5.74) is 7.24. The molecule has 2 nitrogen and oxygen atoms in total. The van der Waals surface area contributed by atoms with Crippen LogP contribution in [-0.4, -0.2) is 6.54 Å². The van der Waals surface area contributed by atoms with Crippen molar-refractivity contribution in [2.45, 2.75) is 5.41 Å². The van der Waals surface area contributed by atoms with Crippen molar-refractivity contribution < 1.29 is 4.42 Å². The van der Waals surface area contributed by atoms with Crippen LogP contribution >= 0.6 is 0 Å². The van der Waals surface area contributed by atoms with Crippen molar-refractivity contribution in [3.05, 3.63) is 102 Å². The van der Waals surface area contributed by atoms with Crippen LogP contribution in [0.2, 0.25) is 0 Å². The molecular formula is C26H17NO. The monoisotopic (exact) mass is 359 g/mol. The van der Waals surface area contributed by atoms with Crippen molar-refractivity contribution >= 4 is 27.4 Å². The van der Waals surface area contributed by atoms with Crippen molar-refractivity contribution in [3.8, 4) is 11.3 Å². The Morgan fingerprint density at radius 2 is 1.50 bits per heavy atom. The Balaban J connectivity index is 1.69. The Morgan fingerprint density at radius 1 is 0.714 bits per heavy atom. The molecule has 0 radical (unpaired) electrons. The second-order valence-electron chi connectivity index (χ2n) is 7.82. The van der Waals surface area contributed by atoms with E-state index < -0.39 is 0 Å². The normalized spacial score (nSPS) is 19.0. The third-order valence-electron chi connectivity index (χ3n) is 6.57. The van der Waals surface area contributed by atoms with Crippen LogP contribution in [0.15, 0.2) is 89.3 Å². The van der Waals surface area contributed by atoms with Gasteiger partial charge in [0, 0.05) is 34.1 Å². The highest BCUT2D eigenvalue weighted by Crippen LogP contribution is 2.59. The lowest BCUT2D eigenvalue weighted by Crippen LogP contribution is -2.28. The van der Waals surface area contributed by atoms with Gasteiger partial charge >= 0.3 is 0 Å². The fraction of sp³-hybridized carbons (Fsp3) is 0.0769. The number of nitrogens with one attached hydrogen (secondary N) is 1. The predicted octanol–water partition coefficient (Wildman–Crippen LogP) is 6.33. The zero-order valence-electron chi connectivity index (χ0n) is 15.2. The van der Waals surface area contributed by atoms with Crippen LogP contribution in [0.1, 0.15) is 16.7 Å². The van der Waals surface area contributed by atoms with Crippen LogP contribution in [-0.2, 0) is 5.41 Å². The van der Waals surface area contributed by atoms with E-state index in [1.54, 1.807) is 0 Å². The standard InChI is InChI=1S/C26H17NO/c1-2-8-17-16(7-1)13-14-19-23-25(28-24(17)19)18-9-3-4-10-20(18)26(23)15-27-22-12-6-5-11-21(22)26/h1-14,27H,15H2.